The van der Waals surface area contributed by atoms with Crippen LogP contribution < -0.4 is 10.6 Å². The monoisotopic (exact) mass is 208 g/mol. The quantitative estimate of drug-likeness (QED) is 0.507. The van der Waals surface area contributed by atoms with E-state index in [0.717, 1.165) is 16.8 Å². The molecule has 0 saturated carbocycles. The van der Waals surface area contributed by atoms with Gasteiger partial charge in [-0.25, -0.2) is 0 Å². The highest BCUT2D eigenvalue weighted by atomic mass is 32.1. The number of hydrogen-bond donors (Lipinski definition) is 3. The lowest BCUT2D eigenvalue weighted by Gasteiger charge is -2.10. The molecule has 0 radical (unpaired) electrons. The van der Waals surface area contributed by atoms with Crippen LogP contribution in [0.3, 0.4) is 0 Å². The molecule has 0 aliphatic carbocycles. The fraction of sp³-hybridized carbons (Fsp3) is 0.300. The van der Waals surface area contributed by atoms with Crippen molar-refractivity contribution in [1.82, 2.24) is 5.32 Å². The molecule has 0 saturated heterocycles. The Morgan fingerprint density at radius 2 is 2.36 bits per heavy atom. The Morgan fingerprint density at radius 1 is 1.57 bits per heavy atom. The van der Waals surface area contributed by atoms with Gasteiger partial charge in [-0.15, -0.1) is 0 Å². The van der Waals surface area contributed by atoms with Crippen molar-refractivity contribution in [3.05, 3.63) is 29.3 Å². The minimum atomic E-state index is 0.0241. The first-order chi connectivity index (χ1) is 6.70. The van der Waals surface area contributed by atoms with Gasteiger partial charge in [0, 0.05) is 5.69 Å². The second kappa shape index (κ2) is 3.63. The van der Waals surface area contributed by atoms with Crippen molar-refractivity contribution in [1.29, 1.82) is 0 Å². The zero-order valence-electron chi connectivity index (χ0n) is 7.87. The van der Waals surface area contributed by atoms with Crippen molar-refractivity contribution < 1.29 is 4.79 Å². The molecule has 0 fully saturated rings. The number of anilines is 1. The van der Waals surface area contributed by atoms with Gasteiger partial charge in [0.25, 0.3) is 0 Å². The van der Waals surface area contributed by atoms with Crippen LogP contribution in [0, 0.1) is 0 Å². The molecule has 4 heteroatoms. The Balaban J connectivity index is 2.32. The van der Waals surface area contributed by atoms with Crippen LogP contribution in [0.15, 0.2) is 18.2 Å². The van der Waals surface area contributed by atoms with Crippen LogP contribution in [0.2, 0.25) is 0 Å². The summed E-state index contributed by atoms with van der Waals surface area (Å²) < 4.78 is 0. The number of fused-ring (bicyclic) bond motifs is 1. The fourth-order valence-electron chi connectivity index (χ4n) is 1.59. The normalized spacial score (nSPS) is 16.3. The summed E-state index contributed by atoms with van der Waals surface area (Å²) in [5.41, 5.74) is 3.07. The molecule has 0 spiro atoms. The van der Waals surface area contributed by atoms with Crippen LogP contribution in [0.25, 0.3) is 0 Å². The van der Waals surface area contributed by atoms with Crippen LogP contribution in [-0.4, -0.2) is 13.0 Å². The van der Waals surface area contributed by atoms with Gasteiger partial charge >= 0.3 is 0 Å². The lowest BCUT2D eigenvalue weighted by Crippen LogP contribution is -2.09. The Bertz CT molecular complexity index is 378. The van der Waals surface area contributed by atoms with Crippen molar-refractivity contribution >= 4 is 24.2 Å². The van der Waals surface area contributed by atoms with E-state index in [1.807, 2.05) is 25.2 Å². The van der Waals surface area contributed by atoms with Gasteiger partial charge in [-0.3, -0.25) is 4.79 Å². The first-order valence-corrected chi connectivity index (χ1v) is 5.00. The van der Waals surface area contributed by atoms with Crippen molar-refractivity contribution in [2.45, 2.75) is 11.8 Å². The maximum atomic E-state index is 11.1. The lowest BCUT2D eigenvalue weighted by molar-refractivity contribution is -0.115. The van der Waals surface area contributed by atoms with E-state index in [-0.39, 0.29) is 11.3 Å². The summed E-state index contributed by atoms with van der Waals surface area (Å²) in [6.07, 6.45) is 0.480. The van der Waals surface area contributed by atoms with Crippen molar-refractivity contribution in [3.8, 4) is 0 Å². The number of thiol groups is 1. The molecule has 1 atom stereocenters. The molecule has 1 aromatic carbocycles. The number of benzene rings is 1. The lowest BCUT2D eigenvalue weighted by atomic mass is 10.1. The predicted octanol–water partition coefficient (Wildman–Crippen LogP) is 1.33. The smallest absolute Gasteiger partial charge is 0.228 e. The van der Waals surface area contributed by atoms with E-state index in [1.54, 1.807) is 0 Å². The highest BCUT2D eigenvalue weighted by molar-refractivity contribution is 7.80. The molecule has 0 aromatic heterocycles. The highest BCUT2D eigenvalue weighted by Crippen LogP contribution is 2.27. The van der Waals surface area contributed by atoms with Crippen LogP contribution in [-0.2, 0) is 11.2 Å². The average Bonchev–Trinajstić information content (AvgIpc) is 2.55. The predicted molar refractivity (Wildman–Crippen MR) is 59.6 cm³/mol. The van der Waals surface area contributed by atoms with E-state index in [4.69, 9.17) is 0 Å². The van der Waals surface area contributed by atoms with Crippen LogP contribution in [0.1, 0.15) is 16.5 Å². The topological polar surface area (TPSA) is 41.1 Å². The van der Waals surface area contributed by atoms with Gasteiger partial charge in [-0.2, -0.15) is 12.6 Å². The highest BCUT2D eigenvalue weighted by Gasteiger charge is 2.18. The first kappa shape index (κ1) is 9.55. The Morgan fingerprint density at radius 3 is 3.07 bits per heavy atom. The van der Waals surface area contributed by atoms with Crippen molar-refractivity contribution in [3.63, 3.8) is 0 Å². The summed E-state index contributed by atoms with van der Waals surface area (Å²) in [4.78, 5) is 11.1. The summed E-state index contributed by atoms with van der Waals surface area (Å²) in [6.45, 7) is 0. The second-order valence-electron chi connectivity index (χ2n) is 3.33. The molecule has 14 heavy (non-hydrogen) atoms. The van der Waals surface area contributed by atoms with E-state index in [9.17, 15) is 4.79 Å². The summed E-state index contributed by atoms with van der Waals surface area (Å²) in [6, 6.07) is 5.91. The zero-order chi connectivity index (χ0) is 10.1. The van der Waals surface area contributed by atoms with E-state index >= 15 is 0 Å². The van der Waals surface area contributed by atoms with Crippen molar-refractivity contribution in [2.75, 3.05) is 12.4 Å². The minimum Gasteiger partial charge on any atom is -0.326 e. The number of rotatable bonds is 2. The Hall–Kier alpha value is -1.00. The molecule has 1 aliphatic heterocycles. The van der Waals surface area contributed by atoms with Gasteiger partial charge in [0.15, 0.2) is 0 Å². The summed E-state index contributed by atoms with van der Waals surface area (Å²) in [7, 11) is 1.86. The van der Waals surface area contributed by atoms with Crippen LogP contribution in [0.5, 0.6) is 0 Å². The van der Waals surface area contributed by atoms with Crippen molar-refractivity contribution in [2.24, 2.45) is 0 Å². The largest absolute Gasteiger partial charge is 0.326 e. The molecule has 2 rings (SSSR count). The molecule has 3 nitrogen and oxygen atoms in total. The standard InChI is InChI=1S/C10H12N2OS/c1-11-10(14)6-2-3-8-7(4-6)5-9(13)12-8/h2-4,10-11,14H,5H2,1H3,(H,12,13). The number of amides is 1. The van der Waals surface area contributed by atoms with E-state index < -0.39 is 0 Å². The molecule has 74 valence electrons. The van der Waals surface area contributed by atoms with Crippen LogP contribution >= 0.6 is 12.6 Å². The molecular weight excluding hydrogens is 196 g/mol. The van der Waals surface area contributed by atoms with Gasteiger partial charge in [0.2, 0.25) is 5.91 Å². The minimum absolute atomic E-state index is 0.0241. The molecule has 2 N–H and O–H groups in total. The molecule has 1 aromatic rings. The molecule has 0 bridgehead atoms. The average molecular weight is 208 g/mol. The molecule has 1 amide bonds. The van der Waals surface area contributed by atoms with Gasteiger partial charge < -0.3 is 10.6 Å². The Kier molecular flexibility index (Phi) is 2.48. The van der Waals surface area contributed by atoms with E-state index in [1.165, 1.54) is 0 Å². The van der Waals surface area contributed by atoms with Crippen LogP contribution in [0.4, 0.5) is 5.69 Å². The summed E-state index contributed by atoms with van der Waals surface area (Å²) in [5.74, 6) is 0.0670. The SMILES string of the molecule is CNC(S)c1ccc2c(c1)CC(=O)N2. The third-order valence-electron chi connectivity index (χ3n) is 2.34. The zero-order valence-corrected chi connectivity index (χ0v) is 8.77. The first-order valence-electron chi connectivity index (χ1n) is 4.48. The summed E-state index contributed by atoms with van der Waals surface area (Å²) in [5, 5.41) is 5.86. The number of nitrogens with one attached hydrogen (secondary N) is 2. The number of hydrogen-bond acceptors (Lipinski definition) is 3. The van der Waals surface area contributed by atoms with Gasteiger partial charge in [-0.05, 0) is 24.2 Å². The third kappa shape index (κ3) is 1.63. The fourth-order valence-corrected chi connectivity index (χ4v) is 1.75. The molecule has 1 unspecified atom stereocenters. The van der Waals surface area contributed by atoms with E-state index in [0.29, 0.717) is 6.42 Å². The maximum Gasteiger partial charge on any atom is 0.228 e. The maximum absolute atomic E-state index is 11.1. The second-order valence-corrected chi connectivity index (χ2v) is 3.85. The molecule has 1 aliphatic rings. The molecule has 1 heterocycles. The van der Waals surface area contributed by atoms with E-state index in [2.05, 4.69) is 23.3 Å². The van der Waals surface area contributed by atoms with Gasteiger partial charge in [0.1, 0.15) is 0 Å². The number of carbonyl (C=O) groups excluding carboxylic acids is 1. The summed E-state index contributed by atoms with van der Waals surface area (Å²) >= 11 is 4.37. The number of carbonyl (C=O) groups is 1. The van der Waals surface area contributed by atoms with Gasteiger partial charge in [0.05, 0.1) is 11.8 Å². The molecular formula is C10H12N2OS. The van der Waals surface area contributed by atoms with Gasteiger partial charge in [-0.1, -0.05) is 12.1 Å². The third-order valence-corrected chi connectivity index (χ3v) is 2.90. The Labute approximate surface area is 88.3 Å².